The Morgan fingerprint density at radius 2 is 1.70 bits per heavy atom. The second kappa shape index (κ2) is 26.4. The van der Waals surface area contributed by atoms with Gasteiger partial charge in [0.05, 0.1) is 24.4 Å². The van der Waals surface area contributed by atoms with Crippen LogP contribution in [-0.2, 0) is 14.3 Å². The lowest BCUT2D eigenvalue weighted by Gasteiger charge is -2.20. The quantitative estimate of drug-likeness (QED) is 0.220. The lowest BCUT2D eigenvalue weighted by atomic mass is 10.1. The normalized spacial score (nSPS) is 13.0. The van der Waals surface area contributed by atoms with Crippen LogP contribution in [-0.4, -0.2) is 71.9 Å². The maximum absolute atomic E-state index is 11.6. The standard InChI is InChI=1S/C16H15NO.C11H20N2O4.C4H10.2C2H2.CH3NO/c1-4-6-12(5-2)15-10-8-13-7-9-14(18-3)11-16(13)17-15;1-11(2,3)17-10(16)12-6-9(15)13-5-4-8(14)7-13;1-4(2)3;2*1-2;2-1-3/h4-11H,1-2H2,3H3;8,14H,4-7H2,1-3H3,(H,12,16);4H,1-3H3;2*1-2H;1H,(H2,2,3)/b12-6+;;;;;/t;8-;;;;/m.1..../s1. The Balaban J connectivity index is -0.000000614. The zero-order chi connectivity index (χ0) is 36.3. The van der Waals surface area contributed by atoms with Crippen molar-refractivity contribution in [1.29, 1.82) is 0 Å². The molecule has 1 aromatic carbocycles. The third-order valence-electron chi connectivity index (χ3n) is 5.01. The van der Waals surface area contributed by atoms with Crippen molar-refractivity contribution in [2.45, 2.75) is 59.7 Å². The molecule has 252 valence electrons. The number of amides is 3. The van der Waals surface area contributed by atoms with E-state index in [1.165, 1.54) is 4.90 Å². The number of nitrogens with zero attached hydrogens (tertiary/aromatic N) is 2. The number of terminal acetylenes is 2. The smallest absolute Gasteiger partial charge is 0.408 e. The number of fused-ring (bicyclic) bond motifs is 1. The number of likely N-dealkylation sites (tertiary alicyclic amines) is 1. The molecule has 1 aliphatic rings. The first-order valence-corrected chi connectivity index (χ1v) is 14.4. The summed E-state index contributed by atoms with van der Waals surface area (Å²) in [5.41, 5.74) is 6.33. The van der Waals surface area contributed by atoms with Crippen molar-refractivity contribution in [3.05, 3.63) is 67.4 Å². The molecular weight excluding hydrogens is 584 g/mol. The van der Waals surface area contributed by atoms with Crippen LogP contribution in [0.25, 0.3) is 16.5 Å². The number of β-amino-alcohol motifs (C(OH)–C–C–N with tert-alkyl or cyclic N) is 1. The van der Waals surface area contributed by atoms with Gasteiger partial charge in [-0.3, -0.25) is 9.59 Å². The van der Waals surface area contributed by atoms with Crippen molar-refractivity contribution in [3.63, 3.8) is 0 Å². The Kier molecular flexibility index (Phi) is 26.0. The van der Waals surface area contributed by atoms with Gasteiger partial charge in [0.25, 0.3) is 0 Å². The number of hydrogen-bond donors (Lipinski definition) is 3. The predicted molar refractivity (Wildman–Crippen MR) is 189 cm³/mol. The zero-order valence-electron chi connectivity index (χ0n) is 28.4. The molecule has 1 saturated heterocycles. The molecular formula is C36H52N4O6. The summed E-state index contributed by atoms with van der Waals surface area (Å²) in [6.45, 7) is 20.0. The SMILES string of the molecule is C#C.C#C.C=C/C=C(\C=C)c1ccc2ccc(OC)cc2n1.CC(C)(C)OC(=O)NCC(=O)N1CC[C@@H](O)C1.CC(C)C.NC=O. The fourth-order valence-electron chi connectivity index (χ4n) is 3.31. The number of primary amides is 1. The summed E-state index contributed by atoms with van der Waals surface area (Å²) in [6, 6.07) is 9.87. The molecule has 4 N–H and O–H groups in total. The van der Waals surface area contributed by atoms with Crippen molar-refractivity contribution in [1.82, 2.24) is 15.2 Å². The Morgan fingerprint density at radius 3 is 2.13 bits per heavy atom. The van der Waals surface area contributed by atoms with Crippen LogP contribution in [0.2, 0.25) is 0 Å². The number of alkyl carbamates (subject to hydrolysis) is 1. The molecule has 1 fully saturated rings. The highest BCUT2D eigenvalue weighted by atomic mass is 16.6. The highest BCUT2D eigenvalue weighted by Crippen LogP contribution is 2.22. The molecule has 0 saturated carbocycles. The average Bonchev–Trinajstić information content (AvgIpc) is 3.46. The lowest BCUT2D eigenvalue weighted by Crippen LogP contribution is -2.41. The first kappa shape index (κ1) is 45.4. The molecule has 10 nitrogen and oxygen atoms in total. The molecule has 0 spiro atoms. The number of ether oxygens (including phenoxy) is 2. The number of aromatic nitrogens is 1. The minimum atomic E-state index is -0.606. The molecule has 0 aliphatic carbocycles. The molecule has 1 aromatic heterocycles. The number of allylic oxidation sites excluding steroid dienone is 4. The summed E-state index contributed by atoms with van der Waals surface area (Å²) >= 11 is 0. The van der Waals surface area contributed by atoms with Gasteiger partial charge in [0.1, 0.15) is 17.9 Å². The van der Waals surface area contributed by atoms with Crippen LogP contribution in [0.5, 0.6) is 5.75 Å². The highest BCUT2D eigenvalue weighted by molar-refractivity contribution is 5.84. The van der Waals surface area contributed by atoms with Crippen LogP contribution in [0.3, 0.4) is 0 Å². The lowest BCUT2D eigenvalue weighted by molar-refractivity contribution is -0.129. The first-order valence-electron chi connectivity index (χ1n) is 14.4. The summed E-state index contributed by atoms with van der Waals surface area (Å²) < 4.78 is 10.2. The topological polar surface area (TPSA) is 144 Å². The molecule has 1 aliphatic heterocycles. The number of carbonyl (C=O) groups excluding carboxylic acids is 3. The van der Waals surface area contributed by atoms with Crippen molar-refractivity contribution in [3.8, 4) is 31.4 Å². The number of pyridine rings is 1. The van der Waals surface area contributed by atoms with Crippen molar-refractivity contribution < 1.29 is 29.0 Å². The maximum atomic E-state index is 11.6. The summed E-state index contributed by atoms with van der Waals surface area (Å²) in [6.07, 6.45) is 21.2. The average molecular weight is 637 g/mol. The second-order valence-corrected chi connectivity index (χ2v) is 10.8. The zero-order valence-corrected chi connectivity index (χ0v) is 28.4. The summed E-state index contributed by atoms with van der Waals surface area (Å²) in [4.78, 5) is 37.6. The number of nitrogens with two attached hydrogens (primary N) is 1. The highest BCUT2D eigenvalue weighted by Gasteiger charge is 2.25. The largest absolute Gasteiger partial charge is 0.497 e. The van der Waals surface area contributed by atoms with Crippen LogP contribution >= 0.6 is 0 Å². The van der Waals surface area contributed by atoms with Gasteiger partial charge < -0.3 is 30.5 Å². The van der Waals surface area contributed by atoms with E-state index < -0.39 is 17.8 Å². The number of aliphatic hydroxyl groups is 1. The predicted octanol–water partition coefficient (Wildman–Crippen LogP) is 5.37. The fraction of sp³-hybridized carbons (Fsp3) is 0.389. The Hall–Kier alpha value is -5.06. The summed E-state index contributed by atoms with van der Waals surface area (Å²) in [5.74, 6) is 1.44. The molecule has 10 heteroatoms. The van der Waals surface area contributed by atoms with E-state index in [0.29, 0.717) is 19.5 Å². The van der Waals surface area contributed by atoms with Crippen LogP contribution in [0, 0.1) is 31.6 Å². The Morgan fingerprint density at radius 1 is 1.15 bits per heavy atom. The van der Waals surface area contributed by atoms with Crippen molar-refractivity contribution in [2.75, 3.05) is 26.7 Å². The monoisotopic (exact) mass is 636 g/mol. The molecule has 1 atom stereocenters. The molecule has 2 heterocycles. The van der Waals surface area contributed by atoms with E-state index in [2.05, 4.69) is 75.7 Å². The van der Waals surface area contributed by atoms with E-state index in [4.69, 9.17) is 14.3 Å². The van der Waals surface area contributed by atoms with E-state index in [0.717, 1.165) is 33.8 Å². The van der Waals surface area contributed by atoms with Gasteiger partial charge in [-0.1, -0.05) is 58.2 Å². The van der Waals surface area contributed by atoms with Gasteiger partial charge in [0, 0.05) is 24.5 Å². The Bertz CT molecular complexity index is 1270. The van der Waals surface area contributed by atoms with Gasteiger partial charge in [-0.15, -0.1) is 25.7 Å². The molecule has 2 aromatic rings. The fourth-order valence-corrected chi connectivity index (χ4v) is 3.31. The van der Waals surface area contributed by atoms with Gasteiger partial charge in [0.15, 0.2) is 0 Å². The van der Waals surface area contributed by atoms with E-state index in [1.807, 2.05) is 36.4 Å². The van der Waals surface area contributed by atoms with Gasteiger partial charge in [0.2, 0.25) is 12.3 Å². The molecule has 0 radical (unpaired) electrons. The number of nitrogens with one attached hydrogen (secondary N) is 1. The minimum absolute atomic E-state index is 0.0956. The van der Waals surface area contributed by atoms with Crippen LogP contribution in [0.4, 0.5) is 4.79 Å². The number of hydrogen-bond acceptors (Lipinski definition) is 7. The van der Waals surface area contributed by atoms with E-state index in [-0.39, 0.29) is 18.9 Å². The molecule has 3 rings (SSSR count). The summed E-state index contributed by atoms with van der Waals surface area (Å²) in [5, 5.41) is 12.8. The maximum Gasteiger partial charge on any atom is 0.408 e. The molecule has 3 amide bonds. The Labute approximate surface area is 275 Å². The van der Waals surface area contributed by atoms with Gasteiger partial charge in [-0.2, -0.15) is 0 Å². The third-order valence-corrected chi connectivity index (χ3v) is 5.01. The van der Waals surface area contributed by atoms with Gasteiger partial charge >= 0.3 is 6.09 Å². The van der Waals surface area contributed by atoms with E-state index in [9.17, 15) is 14.7 Å². The third kappa shape index (κ3) is 21.6. The molecule has 0 unspecified atom stereocenters. The van der Waals surface area contributed by atoms with E-state index >= 15 is 0 Å². The van der Waals surface area contributed by atoms with Crippen LogP contribution < -0.4 is 15.8 Å². The molecule has 0 bridgehead atoms. The number of benzene rings is 1. The first-order chi connectivity index (χ1) is 21.7. The van der Waals surface area contributed by atoms with E-state index in [1.54, 1.807) is 40.0 Å². The summed E-state index contributed by atoms with van der Waals surface area (Å²) in [7, 11) is 1.65. The van der Waals surface area contributed by atoms with Gasteiger partial charge in [-0.05, 0) is 56.9 Å². The number of carbonyl (C=O) groups is 3. The van der Waals surface area contributed by atoms with Crippen molar-refractivity contribution >= 4 is 34.9 Å². The minimum Gasteiger partial charge on any atom is -0.497 e. The van der Waals surface area contributed by atoms with Crippen LogP contribution in [0.15, 0.2) is 61.7 Å². The van der Waals surface area contributed by atoms with Crippen molar-refractivity contribution in [2.24, 2.45) is 11.7 Å². The number of rotatable bonds is 6. The molecule has 46 heavy (non-hydrogen) atoms. The number of aliphatic hydroxyl groups excluding tert-OH is 1. The van der Waals surface area contributed by atoms with Gasteiger partial charge in [-0.25, -0.2) is 9.78 Å². The van der Waals surface area contributed by atoms with Crippen LogP contribution in [0.1, 0.15) is 53.7 Å². The second-order valence-electron chi connectivity index (χ2n) is 10.8. The number of methoxy groups -OCH3 is 1.